The van der Waals surface area contributed by atoms with Crippen molar-refractivity contribution in [3.63, 3.8) is 0 Å². The zero-order valence-electron chi connectivity index (χ0n) is 24.7. The normalized spacial score (nSPS) is 20.8. The van der Waals surface area contributed by atoms with Crippen LogP contribution in [0.25, 0.3) is 0 Å². The van der Waals surface area contributed by atoms with Crippen molar-refractivity contribution in [1.29, 1.82) is 0 Å². The number of aryl methyl sites for hydroxylation is 1. The molecule has 0 saturated carbocycles. The molecule has 6 nitrogen and oxygen atoms in total. The molecule has 0 aromatic heterocycles. The highest BCUT2D eigenvalue weighted by Gasteiger charge is 2.51. The van der Waals surface area contributed by atoms with Crippen LogP contribution < -0.4 is 11.1 Å². The quantitative estimate of drug-likeness (QED) is 0.329. The average molecular weight is 552 g/mol. The molecule has 0 aliphatic carbocycles. The van der Waals surface area contributed by atoms with Crippen LogP contribution in [-0.2, 0) is 20.8 Å². The molecule has 3 rings (SSSR count). The van der Waals surface area contributed by atoms with Crippen LogP contribution in [-0.4, -0.2) is 47.7 Å². The van der Waals surface area contributed by atoms with Crippen molar-refractivity contribution >= 4 is 17.6 Å². The highest BCUT2D eigenvalue weighted by atomic mass is 19.1. The molecule has 1 aliphatic heterocycles. The summed E-state index contributed by atoms with van der Waals surface area (Å²) in [6.45, 7) is 7.81. The van der Waals surface area contributed by atoms with Gasteiger partial charge in [-0.05, 0) is 75.6 Å². The highest BCUT2D eigenvalue weighted by molar-refractivity contribution is 5.93. The van der Waals surface area contributed by atoms with Gasteiger partial charge in [0.05, 0.1) is 17.0 Å². The van der Waals surface area contributed by atoms with Gasteiger partial charge in [0.1, 0.15) is 5.82 Å². The lowest BCUT2D eigenvalue weighted by Crippen LogP contribution is -2.54. The minimum Gasteiger partial charge on any atom is -0.345 e. The van der Waals surface area contributed by atoms with Gasteiger partial charge in [-0.3, -0.25) is 14.4 Å². The van der Waals surface area contributed by atoms with Crippen molar-refractivity contribution in [3.05, 3.63) is 71.5 Å². The van der Waals surface area contributed by atoms with E-state index in [1.807, 2.05) is 39.1 Å². The molecule has 1 aliphatic rings. The minimum atomic E-state index is -1.08. The molecule has 218 valence electrons. The third-order valence-electron chi connectivity index (χ3n) is 8.58. The molecule has 2 aromatic carbocycles. The number of likely N-dealkylation sites (tertiary alicyclic amines) is 1. The van der Waals surface area contributed by atoms with Crippen molar-refractivity contribution in [1.82, 2.24) is 10.2 Å². The molecule has 40 heavy (non-hydrogen) atoms. The van der Waals surface area contributed by atoms with Crippen LogP contribution in [0.4, 0.5) is 4.39 Å². The first-order chi connectivity index (χ1) is 18.9. The van der Waals surface area contributed by atoms with Crippen molar-refractivity contribution in [2.24, 2.45) is 17.1 Å². The molecule has 2 amide bonds. The van der Waals surface area contributed by atoms with E-state index >= 15 is 0 Å². The molecule has 0 radical (unpaired) electrons. The summed E-state index contributed by atoms with van der Waals surface area (Å²) >= 11 is 0. The number of hydrogen-bond acceptors (Lipinski definition) is 4. The Morgan fingerprint density at radius 3 is 2.35 bits per heavy atom. The molecule has 0 bridgehead atoms. The van der Waals surface area contributed by atoms with E-state index in [2.05, 4.69) is 17.4 Å². The van der Waals surface area contributed by atoms with Gasteiger partial charge < -0.3 is 16.0 Å². The predicted octanol–water partition coefficient (Wildman–Crippen LogP) is 5.40. The summed E-state index contributed by atoms with van der Waals surface area (Å²) in [5.74, 6) is -0.835. The molecule has 0 spiro atoms. The second kappa shape index (κ2) is 13.5. The van der Waals surface area contributed by atoms with Crippen LogP contribution in [0.15, 0.2) is 54.6 Å². The van der Waals surface area contributed by atoms with Crippen molar-refractivity contribution in [2.45, 2.75) is 90.1 Å². The largest absolute Gasteiger partial charge is 0.345 e. The number of halogens is 1. The Bertz CT molecular complexity index is 1150. The molecular formula is C33H46FN3O3. The number of likely N-dealkylation sites (N-methyl/N-ethyl adjacent to an activating group) is 1. The maximum absolute atomic E-state index is 13.6. The zero-order valence-corrected chi connectivity index (χ0v) is 24.7. The molecule has 4 atom stereocenters. The molecule has 7 heteroatoms. The van der Waals surface area contributed by atoms with Gasteiger partial charge in [-0.1, -0.05) is 62.7 Å². The first-order valence-corrected chi connectivity index (χ1v) is 14.6. The molecule has 3 N–H and O–H groups in total. The van der Waals surface area contributed by atoms with Gasteiger partial charge in [0.2, 0.25) is 11.8 Å². The summed E-state index contributed by atoms with van der Waals surface area (Å²) in [6, 6.07) is 15.9. The van der Waals surface area contributed by atoms with Gasteiger partial charge in [0.25, 0.3) is 0 Å². The lowest BCUT2D eigenvalue weighted by Gasteiger charge is -2.32. The third kappa shape index (κ3) is 7.57. The van der Waals surface area contributed by atoms with Crippen LogP contribution in [0.2, 0.25) is 0 Å². The number of nitrogens with one attached hydrogen (secondary N) is 1. The molecule has 1 saturated heterocycles. The Labute approximate surface area is 238 Å². The topological polar surface area (TPSA) is 92.5 Å². The summed E-state index contributed by atoms with van der Waals surface area (Å²) < 4.78 is 13.6. The fraction of sp³-hybridized carbons (Fsp3) is 0.545. The van der Waals surface area contributed by atoms with Gasteiger partial charge in [0.15, 0.2) is 5.78 Å². The van der Waals surface area contributed by atoms with E-state index in [-0.39, 0.29) is 35.3 Å². The summed E-state index contributed by atoms with van der Waals surface area (Å²) in [5, 5.41) is 2.92. The summed E-state index contributed by atoms with van der Waals surface area (Å²) in [6.07, 6.45) is 4.75. The predicted molar refractivity (Wildman–Crippen MR) is 157 cm³/mol. The Morgan fingerprint density at radius 1 is 1.10 bits per heavy atom. The number of benzene rings is 2. The lowest BCUT2D eigenvalue weighted by atomic mass is 9.68. The van der Waals surface area contributed by atoms with E-state index in [4.69, 9.17) is 5.73 Å². The summed E-state index contributed by atoms with van der Waals surface area (Å²) in [7, 11) is 1.82. The maximum atomic E-state index is 13.6. The fourth-order valence-corrected chi connectivity index (χ4v) is 6.03. The Morgan fingerprint density at radius 2 is 1.75 bits per heavy atom. The van der Waals surface area contributed by atoms with E-state index in [0.717, 1.165) is 18.4 Å². The van der Waals surface area contributed by atoms with Crippen LogP contribution in [0.3, 0.4) is 0 Å². The Hall–Kier alpha value is -3.06. The highest BCUT2D eigenvalue weighted by Crippen LogP contribution is 2.49. The van der Waals surface area contributed by atoms with Crippen molar-refractivity contribution < 1.29 is 18.8 Å². The number of Topliss-reactive ketones (excluding diaryl/α,β-unsaturated/α-hetero) is 1. The molecule has 3 unspecified atom stereocenters. The van der Waals surface area contributed by atoms with Gasteiger partial charge in [0, 0.05) is 25.4 Å². The first kappa shape index (κ1) is 31.5. The van der Waals surface area contributed by atoms with E-state index < -0.39 is 17.0 Å². The van der Waals surface area contributed by atoms with Gasteiger partial charge in [-0.25, -0.2) is 4.39 Å². The summed E-state index contributed by atoms with van der Waals surface area (Å²) in [5.41, 5.74) is 6.51. The lowest BCUT2D eigenvalue weighted by molar-refractivity contribution is -0.136. The number of nitrogens with zero attached hydrogens (tertiary/aromatic N) is 1. The van der Waals surface area contributed by atoms with Crippen molar-refractivity contribution in [2.75, 3.05) is 13.6 Å². The smallest absolute Gasteiger partial charge is 0.240 e. The second-order valence-electron chi connectivity index (χ2n) is 12.1. The van der Waals surface area contributed by atoms with Crippen molar-refractivity contribution in [3.8, 4) is 0 Å². The van der Waals surface area contributed by atoms with Crippen LogP contribution in [0.5, 0.6) is 0 Å². The third-order valence-corrected chi connectivity index (χ3v) is 8.58. The van der Waals surface area contributed by atoms with Gasteiger partial charge >= 0.3 is 0 Å². The number of rotatable bonds is 14. The standard InChI is InChI=1S/C33H46FN3O3/c1-6-33(27(22-37(5)31(33)40)25-17-19-26(34)20-18-25)21-11-12-23(2)29(38)28(36-30(39)32(3,4)35)16-10-15-24-13-8-7-9-14-24/h7-9,13-14,17-20,23,27-28H,6,10-12,15-16,21-22,35H2,1-5H3,(H,36,39)/t23?,27?,28-,33?/m1/s1. The maximum Gasteiger partial charge on any atom is 0.240 e. The minimum absolute atomic E-state index is 0.00108. The second-order valence-corrected chi connectivity index (χ2v) is 12.1. The van der Waals surface area contributed by atoms with Crippen LogP contribution >= 0.6 is 0 Å². The Kier molecular flexibility index (Phi) is 10.6. The van der Waals surface area contributed by atoms with E-state index in [9.17, 15) is 18.8 Å². The number of ketones is 1. The van der Waals surface area contributed by atoms with Gasteiger partial charge in [-0.15, -0.1) is 0 Å². The first-order valence-electron chi connectivity index (χ1n) is 14.6. The van der Waals surface area contributed by atoms with E-state index in [1.54, 1.807) is 30.9 Å². The SMILES string of the molecule is CCC1(CCCC(C)C(=O)[C@@H](CCCc2ccccc2)NC(=O)C(C)(C)N)C(=O)N(C)CC1c1ccc(F)cc1. The summed E-state index contributed by atoms with van der Waals surface area (Å²) in [4.78, 5) is 41.5. The van der Waals surface area contributed by atoms with E-state index in [0.29, 0.717) is 38.6 Å². The number of hydrogen-bond donors (Lipinski definition) is 2. The molecule has 2 aromatic rings. The molecule has 1 heterocycles. The zero-order chi connectivity index (χ0) is 29.5. The number of carbonyl (C=O) groups excluding carboxylic acids is 3. The number of carbonyl (C=O) groups is 3. The van der Waals surface area contributed by atoms with E-state index in [1.165, 1.54) is 17.7 Å². The molecule has 1 fully saturated rings. The average Bonchev–Trinajstić information content (AvgIpc) is 3.17. The van der Waals surface area contributed by atoms with Crippen LogP contribution in [0.1, 0.15) is 83.3 Å². The number of nitrogens with two attached hydrogens (primary N) is 1. The number of amides is 2. The van der Waals surface area contributed by atoms with Crippen LogP contribution in [0, 0.1) is 17.2 Å². The van der Waals surface area contributed by atoms with Gasteiger partial charge in [-0.2, -0.15) is 0 Å². The fourth-order valence-electron chi connectivity index (χ4n) is 6.03. The Balaban J connectivity index is 1.67. The molecular weight excluding hydrogens is 505 g/mol. The monoisotopic (exact) mass is 551 g/mol.